The van der Waals surface area contributed by atoms with Crippen LogP contribution >= 0.6 is 0 Å². The summed E-state index contributed by atoms with van der Waals surface area (Å²) in [6.45, 7) is 8.62. The molecule has 2 rings (SSSR count). The third-order valence-corrected chi connectivity index (χ3v) is 4.05. The first-order chi connectivity index (χ1) is 12.0. The average molecular weight is 340 g/mol. The highest BCUT2D eigenvalue weighted by atomic mass is 16.5. The summed E-state index contributed by atoms with van der Waals surface area (Å²) in [7, 11) is 0. The van der Waals surface area contributed by atoms with Gasteiger partial charge in [0.2, 0.25) is 5.91 Å². The molecule has 0 aromatic heterocycles. The van der Waals surface area contributed by atoms with Crippen LogP contribution in [0, 0.1) is 0 Å². The number of carbonyl (C=O) groups excluding carboxylic acids is 1. The van der Waals surface area contributed by atoms with Crippen molar-refractivity contribution in [2.45, 2.75) is 46.1 Å². The van der Waals surface area contributed by atoms with Crippen molar-refractivity contribution >= 4 is 17.3 Å². The van der Waals surface area contributed by atoms with Crippen molar-refractivity contribution in [3.05, 3.63) is 54.1 Å². The first-order valence-corrected chi connectivity index (χ1v) is 8.89. The lowest BCUT2D eigenvalue weighted by molar-refractivity contribution is -0.114. The Morgan fingerprint density at radius 2 is 1.84 bits per heavy atom. The third kappa shape index (κ3) is 5.82. The molecule has 4 nitrogen and oxygen atoms in total. The molecule has 0 bridgehead atoms. The minimum absolute atomic E-state index is 0.0840. The van der Waals surface area contributed by atoms with Crippen molar-refractivity contribution in [1.29, 1.82) is 0 Å². The van der Waals surface area contributed by atoms with Crippen LogP contribution in [0.15, 0.2) is 48.5 Å². The van der Waals surface area contributed by atoms with Gasteiger partial charge in [-0.2, -0.15) is 0 Å². The van der Waals surface area contributed by atoms with Crippen LogP contribution in [0.1, 0.15) is 45.6 Å². The Balaban J connectivity index is 1.94. The molecule has 2 aromatic rings. The maximum Gasteiger partial charge on any atom is 0.243 e. The monoisotopic (exact) mass is 340 g/mol. The molecular weight excluding hydrogens is 312 g/mol. The van der Waals surface area contributed by atoms with E-state index in [4.69, 9.17) is 4.74 Å². The lowest BCUT2D eigenvalue weighted by Crippen LogP contribution is -2.22. The molecule has 1 atom stereocenters. The van der Waals surface area contributed by atoms with E-state index in [2.05, 4.69) is 37.5 Å². The first kappa shape index (κ1) is 18.8. The predicted octanol–water partition coefficient (Wildman–Crippen LogP) is 5.04. The molecule has 2 aromatic carbocycles. The Morgan fingerprint density at radius 1 is 1.08 bits per heavy atom. The predicted molar refractivity (Wildman–Crippen MR) is 104 cm³/mol. The lowest BCUT2D eigenvalue weighted by atomic mass is 10.0. The molecule has 0 aliphatic heterocycles. The van der Waals surface area contributed by atoms with E-state index in [0.717, 1.165) is 23.5 Å². The van der Waals surface area contributed by atoms with Crippen molar-refractivity contribution < 1.29 is 9.53 Å². The highest BCUT2D eigenvalue weighted by Gasteiger charge is 2.08. The number of carbonyl (C=O) groups is 1. The smallest absolute Gasteiger partial charge is 0.243 e. The topological polar surface area (TPSA) is 50.4 Å². The number of ether oxygens (including phenoxy) is 1. The number of nitrogens with one attached hydrogen (secondary N) is 2. The van der Waals surface area contributed by atoms with Crippen molar-refractivity contribution in [2.24, 2.45) is 0 Å². The fourth-order valence-corrected chi connectivity index (χ4v) is 2.50. The quantitative estimate of drug-likeness (QED) is 0.708. The van der Waals surface area contributed by atoms with Gasteiger partial charge < -0.3 is 15.4 Å². The standard InChI is InChI=1S/C21H28N2O2/c1-5-16(4)25-18-10-8-9-17(13-18)23-21(24)14-22-20-12-7-6-11-19(20)15(2)3/h6-13,15-16,22H,5,14H2,1-4H3,(H,23,24). The van der Waals surface area contributed by atoms with Crippen molar-refractivity contribution in [3.63, 3.8) is 0 Å². The van der Waals surface area contributed by atoms with Crippen molar-refractivity contribution in [1.82, 2.24) is 0 Å². The zero-order valence-electron chi connectivity index (χ0n) is 15.5. The van der Waals surface area contributed by atoms with Crippen LogP contribution in [0.2, 0.25) is 0 Å². The zero-order valence-corrected chi connectivity index (χ0v) is 15.5. The Kier molecular flexibility index (Phi) is 6.87. The fraction of sp³-hybridized carbons (Fsp3) is 0.381. The maximum absolute atomic E-state index is 12.2. The summed E-state index contributed by atoms with van der Waals surface area (Å²) in [6, 6.07) is 15.6. The van der Waals surface area contributed by atoms with Gasteiger partial charge >= 0.3 is 0 Å². The van der Waals surface area contributed by atoms with Gasteiger partial charge in [0.25, 0.3) is 0 Å². The average Bonchev–Trinajstić information content (AvgIpc) is 2.60. The molecule has 0 saturated heterocycles. The van der Waals surface area contributed by atoms with Crippen molar-refractivity contribution in [3.8, 4) is 5.75 Å². The largest absolute Gasteiger partial charge is 0.491 e. The van der Waals surface area contributed by atoms with Crippen LogP contribution in [0.25, 0.3) is 0 Å². The van der Waals surface area contributed by atoms with E-state index in [9.17, 15) is 4.79 Å². The fourth-order valence-electron chi connectivity index (χ4n) is 2.50. The van der Waals surface area contributed by atoms with Gasteiger partial charge in [0.15, 0.2) is 0 Å². The van der Waals surface area contributed by atoms with Gasteiger partial charge in [0.05, 0.1) is 12.6 Å². The van der Waals surface area contributed by atoms with Crippen molar-refractivity contribution in [2.75, 3.05) is 17.2 Å². The van der Waals surface area contributed by atoms with E-state index in [-0.39, 0.29) is 18.6 Å². The highest BCUT2D eigenvalue weighted by Crippen LogP contribution is 2.23. The van der Waals surface area contributed by atoms with E-state index in [1.807, 2.05) is 49.4 Å². The van der Waals surface area contributed by atoms with Crippen LogP contribution in [-0.4, -0.2) is 18.6 Å². The Bertz CT molecular complexity index is 698. The lowest BCUT2D eigenvalue weighted by Gasteiger charge is -2.15. The van der Waals surface area contributed by atoms with Gasteiger partial charge in [-0.05, 0) is 43.0 Å². The molecular formula is C21H28N2O2. The summed E-state index contributed by atoms with van der Waals surface area (Å²) in [4.78, 5) is 12.2. The molecule has 25 heavy (non-hydrogen) atoms. The van der Waals surface area contributed by atoms with E-state index >= 15 is 0 Å². The molecule has 1 unspecified atom stereocenters. The van der Waals surface area contributed by atoms with Crippen LogP contribution < -0.4 is 15.4 Å². The van der Waals surface area contributed by atoms with Crippen LogP contribution in [0.4, 0.5) is 11.4 Å². The van der Waals surface area contributed by atoms with E-state index in [1.165, 1.54) is 5.56 Å². The van der Waals surface area contributed by atoms with Gasteiger partial charge in [-0.3, -0.25) is 4.79 Å². The number of amides is 1. The summed E-state index contributed by atoms with van der Waals surface area (Å²) in [5.74, 6) is 1.09. The van der Waals surface area contributed by atoms with E-state index in [0.29, 0.717) is 5.92 Å². The molecule has 0 radical (unpaired) electrons. The minimum atomic E-state index is -0.0840. The summed E-state index contributed by atoms with van der Waals surface area (Å²) in [5.41, 5.74) is 2.95. The second-order valence-electron chi connectivity index (χ2n) is 6.51. The molecule has 0 heterocycles. The van der Waals surface area contributed by atoms with Gasteiger partial charge in [-0.25, -0.2) is 0 Å². The summed E-state index contributed by atoms with van der Waals surface area (Å²) in [5, 5.41) is 6.14. The summed E-state index contributed by atoms with van der Waals surface area (Å²) in [6.07, 6.45) is 1.09. The molecule has 0 aliphatic carbocycles. The molecule has 1 amide bonds. The third-order valence-electron chi connectivity index (χ3n) is 4.05. The zero-order chi connectivity index (χ0) is 18.2. The summed E-state index contributed by atoms with van der Waals surface area (Å²) >= 11 is 0. The molecule has 4 heteroatoms. The molecule has 0 saturated carbocycles. The highest BCUT2D eigenvalue weighted by molar-refractivity contribution is 5.94. The molecule has 134 valence electrons. The molecule has 0 spiro atoms. The van der Waals surface area contributed by atoms with Crippen LogP contribution in [0.3, 0.4) is 0 Å². The number of para-hydroxylation sites is 1. The normalized spacial score (nSPS) is 11.9. The first-order valence-electron chi connectivity index (χ1n) is 8.89. The van der Waals surface area contributed by atoms with E-state index in [1.54, 1.807) is 0 Å². The molecule has 2 N–H and O–H groups in total. The number of hydrogen-bond donors (Lipinski definition) is 2. The molecule has 0 aliphatic rings. The van der Waals surface area contributed by atoms with Crippen LogP contribution in [0.5, 0.6) is 5.75 Å². The van der Waals surface area contributed by atoms with Gasteiger partial charge in [-0.1, -0.05) is 45.0 Å². The van der Waals surface area contributed by atoms with E-state index < -0.39 is 0 Å². The second-order valence-corrected chi connectivity index (χ2v) is 6.51. The minimum Gasteiger partial charge on any atom is -0.491 e. The number of hydrogen-bond acceptors (Lipinski definition) is 3. The number of anilines is 2. The maximum atomic E-state index is 12.2. The Morgan fingerprint density at radius 3 is 2.56 bits per heavy atom. The van der Waals surface area contributed by atoms with Crippen LogP contribution in [-0.2, 0) is 4.79 Å². The second kappa shape index (κ2) is 9.11. The van der Waals surface area contributed by atoms with Gasteiger partial charge in [0.1, 0.15) is 5.75 Å². The molecule has 0 fully saturated rings. The number of rotatable bonds is 8. The Labute approximate surface area is 150 Å². The van der Waals surface area contributed by atoms with Gasteiger partial charge in [0, 0.05) is 17.4 Å². The summed E-state index contributed by atoms with van der Waals surface area (Å²) < 4.78 is 5.79. The Hall–Kier alpha value is -2.49. The SMILES string of the molecule is CCC(C)Oc1cccc(NC(=O)CNc2ccccc2C(C)C)c1. The van der Waals surface area contributed by atoms with Gasteiger partial charge in [-0.15, -0.1) is 0 Å². The number of benzene rings is 2.